The van der Waals surface area contributed by atoms with Crippen molar-refractivity contribution in [3.63, 3.8) is 0 Å². The van der Waals surface area contributed by atoms with Gasteiger partial charge in [0, 0.05) is 23.1 Å². The molecule has 0 saturated carbocycles. The van der Waals surface area contributed by atoms with Gasteiger partial charge in [-0.1, -0.05) is 30.3 Å². The van der Waals surface area contributed by atoms with Crippen molar-refractivity contribution < 1.29 is 9.53 Å². The summed E-state index contributed by atoms with van der Waals surface area (Å²) in [5.41, 5.74) is 4.39. The second kappa shape index (κ2) is 7.21. The molecule has 3 aromatic rings. The van der Waals surface area contributed by atoms with Crippen LogP contribution in [0.1, 0.15) is 16.8 Å². The highest BCUT2D eigenvalue weighted by molar-refractivity contribution is 5.90. The number of rotatable bonds is 6. The molecule has 0 radical (unpaired) electrons. The van der Waals surface area contributed by atoms with Crippen LogP contribution in [0.15, 0.2) is 48.5 Å². The van der Waals surface area contributed by atoms with Gasteiger partial charge in [0.05, 0.1) is 13.5 Å². The average Bonchev–Trinajstić information content (AvgIpc) is 2.91. The molecular formula is C20H22N2O2. The number of methoxy groups -OCH3 is 1. The van der Waals surface area contributed by atoms with Gasteiger partial charge >= 0.3 is 0 Å². The molecule has 1 aromatic heterocycles. The van der Waals surface area contributed by atoms with Gasteiger partial charge in [0.15, 0.2) is 0 Å². The smallest absolute Gasteiger partial charge is 0.224 e. The molecule has 0 unspecified atom stereocenters. The van der Waals surface area contributed by atoms with E-state index in [0.29, 0.717) is 13.0 Å². The predicted octanol–water partition coefficient (Wildman–Crippen LogP) is 3.39. The molecule has 3 rings (SSSR count). The van der Waals surface area contributed by atoms with Gasteiger partial charge in [-0.25, -0.2) is 0 Å². The normalized spacial score (nSPS) is 10.8. The fourth-order valence-corrected chi connectivity index (χ4v) is 2.92. The molecular weight excluding hydrogens is 300 g/mol. The maximum Gasteiger partial charge on any atom is 0.224 e. The van der Waals surface area contributed by atoms with Crippen LogP contribution in [0.5, 0.6) is 5.75 Å². The van der Waals surface area contributed by atoms with Crippen LogP contribution >= 0.6 is 0 Å². The highest BCUT2D eigenvalue weighted by atomic mass is 16.5. The van der Waals surface area contributed by atoms with E-state index < -0.39 is 0 Å². The van der Waals surface area contributed by atoms with E-state index in [1.54, 1.807) is 7.11 Å². The third-order valence-corrected chi connectivity index (χ3v) is 4.26. The largest absolute Gasteiger partial charge is 0.497 e. The Labute approximate surface area is 141 Å². The second-order valence-corrected chi connectivity index (χ2v) is 5.90. The number of para-hydroxylation sites is 1. The fourth-order valence-electron chi connectivity index (χ4n) is 2.92. The summed E-state index contributed by atoms with van der Waals surface area (Å²) in [5, 5.41) is 4.13. The standard InChI is InChI=1S/C20H22N2O2/c1-14-18(17-5-3-4-6-19(17)22-14)13-20(23)21-12-11-15-7-9-16(24-2)10-8-15/h3-10,22H,11-13H2,1-2H3,(H,21,23). The van der Waals surface area contributed by atoms with Gasteiger partial charge in [0.2, 0.25) is 5.91 Å². The number of nitrogens with one attached hydrogen (secondary N) is 2. The first-order chi connectivity index (χ1) is 11.7. The molecule has 4 nitrogen and oxygen atoms in total. The molecule has 0 saturated heterocycles. The molecule has 24 heavy (non-hydrogen) atoms. The summed E-state index contributed by atoms with van der Waals surface area (Å²) in [7, 11) is 1.65. The summed E-state index contributed by atoms with van der Waals surface area (Å²) < 4.78 is 5.14. The van der Waals surface area contributed by atoms with Crippen molar-refractivity contribution in [2.75, 3.05) is 13.7 Å². The quantitative estimate of drug-likeness (QED) is 0.731. The summed E-state index contributed by atoms with van der Waals surface area (Å²) in [5.74, 6) is 0.897. The zero-order chi connectivity index (χ0) is 16.9. The molecule has 0 spiro atoms. The molecule has 1 amide bonds. The molecule has 1 heterocycles. The third-order valence-electron chi connectivity index (χ3n) is 4.26. The molecule has 2 N–H and O–H groups in total. The van der Waals surface area contributed by atoms with E-state index in [2.05, 4.69) is 16.4 Å². The number of aryl methyl sites for hydroxylation is 1. The maximum atomic E-state index is 12.3. The number of hydrogen-bond acceptors (Lipinski definition) is 2. The lowest BCUT2D eigenvalue weighted by Crippen LogP contribution is -2.27. The van der Waals surface area contributed by atoms with Crippen LogP contribution in [0.3, 0.4) is 0 Å². The first-order valence-corrected chi connectivity index (χ1v) is 8.13. The van der Waals surface area contributed by atoms with E-state index in [0.717, 1.165) is 34.3 Å². The van der Waals surface area contributed by atoms with Gasteiger partial charge in [-0.2, -0.15) is 0 Å². The minimum absolute atomic E-state index is 0.0522. The van der Waals surface area contributed by atoms with Crippen molar-refractivity contribution in [1.29, 1.82) is 0 Å². The fraction of sp³-hybridized carbons (Fsp3) is 0.250. The molecule has 0 atom stereocenters. The number of carbonyl (C=O) groups excluding carboxylic acids is 1. The Hall–Kier alpha value is -2.75. The van der Waals surface area contributed by atoms with Crippen LogP contribution in [0.4, 0.5) is 0 Å². The molecule has 2 aromatic carbocycles. The highest BCUT2D eigenvalue weighted by Gasteiger charge is 2.11. The van der Waals surface area contributed by atoms with Gasteiger partial charge in [-0.15, -0.1) is 0 Å². The van der Waals surface area contributed by atoms with Crippen molar-refractivity contribution in [2.45, 2.75) is 19.8 Å². The lowest BCUT2D eigenvalue weighted by atomic mass is 10.1. The molecule has 0 aliphatic heterocycles. The predicted molar refractivity (Wildman–Crippen MR) is 96.4 cm³/mol. The summed E-state index contributed by atoms with van der Waals surface area (Å²) in [6.07, 6.45) is 1.21. The lowest BCUT2D eigenvalue weighted by Gasteiger charge is -2.07. The first-order valence-electron chi connectivity index (χ1n) is 8.13. The number of ether oxygens (including phenoxy) is 1. The lowest BCUT2D eigenvalue weighted by molar-refractivity contribution is -0.120. The number of benzene rings is 2. The van der Waals surface area contributed by atoms with Crippen LogP contribution in [0.2, 0.25) is 0 Å². The topological polar surface area (TPSA) is 54.1 Å². The zero-order valence-electron chi connectivity index (χ0n) is 14.1. The number of amides is 1. The summed E-state index contributed by atoms with van der Waals surface area (Å²) in [6.45, 7) is 2.65. The monoisotopic (exact) mass is 322 g/mol. The molecule has 0 fully saturated rings. The Morgan fingerprint density at radius 2 is 1.88 bits per heavy atom. The third kappa shape index (κ3) is 3.59. The van der Waals surface area contributed by atoms with E-state index in [-0.39, 0.29) is 5.91 Å². The van der Waals surface area contributed by atoms with Crippen LogP contribution in [-0.2, 0) is 17.6 Å². The second-order valence-electron chi connectivity index (χ2n) is 5.90. The number of aromatic amines is 1. The first kappa shape index (κ1) is 16.1. The molecule has 4 heteroatoms. The van der Waals surface area contributed by atoms with Crippen molar-refractivity contribution in [3.05, 3.63) is 65.4 Å². The van der Waals surface area contributed by atoms with Crippen molar-refractivity contribution >= 4 is 16.8 Å². The molecule has 0 bridgehead atoms. The number of H-pyrrole nitrogens is 1. The van der Waals surface area contributed by atoms with Gasteiger partial charge in [-0.05, 0) is 42.7 Å². The molecule has 124 valence electrons. The SMILES string of the molecule is COc1ccc(CCNC(=O)Cc2c(C)[nH]c3ccccc23)cc1. The number of fused-ring (bicyclic) bond motifs is 1. The zero-order valence-corrected chi connectivity index (χ0v) is 14.1. The Bertz CT molecular complexity index is 834. The van der Waals surface area contributed by atoms with E-state index in [4.69, 9.17) is 4.74 Å². The van der Waals surface area contributed by atoms with Crippen LogP contribution in [0, 0.1) is 6.92 Å². The number of aromatic nitrogens is 1. The van der Waals surface area contributed by atoms with Gasteiger partial charge in [-0.3, -0.25) is 4.79 Å². The van der Waals surface area contributed by atoms with Gasteiger partial charge in [0.25, 0.3) is 0 Å². The van der Waals surface area contributed by atoms with Crippen LogP contribution in [0.25, 0.3) is 10.9 Å². The Balaban J connectivity index is 1.56. The van der Waals surface area contributed by atoms with Gasteiger partial charge in [0.1, 0.15) is 5.75 Å². The van der Waals surface area contributed by atoms with E-state index in [9.17, 15) is 4.79 Å². The molecule has 0 aliphatic rings. The van der Waals surface area contributed by atoms with E-state index in [1.807, 2.05) is 49.4 Å². The highest BCUT2D eigenvalue weighted by Crippen LogP contribution is 2.22. The Kier molecular flexibility index (Phi) is 4.85. The van der Waals surface area contributed by atoms with Crippen molar-refractivity contribution in [2.24, 2.45) is 0 Å². The van der Waals surface area contributed by atoms with Crippen LogP contribution < -0.4 is 10.1 Å². The summed E-state index contributed by atoms with van der Waals surface area (Å²) in [4.78, 5) is 15.6. The summed E-state index contributed by atoms with van der Waals surface area (Å²) in [6, 6.07) is 16.0. The maximum absolute atomic E-state index is 12.3. The van der Waals surface area contributed by atoms with E-state index in [1.165, 1.54) is 5.56 Å². The van der Waals surface area contributed by atoms with E-state index >= 15 is 0 Å². The van der Waals surface area contributed by atoms with Crippen molar-refractivity contribution in [1.82, 2.24) is 10.3 Å². The molecule has 0 aliphatic carbocycles. The van der Waals surface area contributed by atoms with Crippen molar-refractivity contribution in [3.8, 4) is 5.75 Å². The Morgan fingerprint density at radius 3 is 2.62 bits per heavy atom. The van der Waals surface area contributed by atoms with Crippen LogP contribution in [-0.4, -0.2) is 24.5 Å². The average molecular weight is 322 g/mol. The number of carbonyl (C=O) groups is 1. The minimum atomic E-state index is 0.0522. The Morgan fingerprint density at radius 1 is 1.12 bits per heavy atom. The number of hydrogen-bond donors (Lipinski definition) is 2. The summed E-state index contributed by atoms with van der Waals surface area (Å²) >= 11 is 0. The minimum Gasteiger partial charge on any atom is -0.497 e. The van der Waals surface area contributed by atoms with Gasteiger partial charge < -0.3 is 15.0 Å².